The third-order valence-corrected chi connectivity index (χ3v) is 6.74. The second-order valence-electron chi connectivity index (χ2n) is 7.22. The van der Waals surface area contributed by atoms with Crippen molar-refractivity contribution in [3.05, 3.63) is 71.8 Å². The van der Waals surface area contributed by atoms with Crippen LogP contribution in [-0.2, 0) is 9.84 Å². The highest BCUT2D eigenvalue weighted by atomic mass is 32.2. The van der Waals surface area contributed by atoms with Gasteiger partial charge in [0.05, 0.1) is 24.2 Å². The molecule has 31 heavy (non-hydrogen) atoms. The number of hydrogen-bond acceptors (Lipinski definition) is 4. The van der Waals surface area contributed by atoms with Gasteiger partial charge in [0.2, 0.25) is 0 Å². The Morgan fingerprint density at radius 3 is 2.26 bits per heavy atom. The summed E-state index contributed by atoms with van der Waals surface area (Å²) in [6, 6.07) is 16.7. The highest BCUT2D eigenvalue weighted by molar-refractivity contribution is 8.06. The second-order valence-corrected chi connectivity index (χ2v) is 9.08. The molecule has 0 radical (unpaired) electrons. The maximum Gasteiger partial charge on any atom is 0.416 e. The fourth-order valence-corrected chi connectivity index (χ4v) is 4.60. The Kier molecular flexibility index (Phi) is 7.45. The Bertz CT molecular complexity index is 1200. The van der Waals surface area contributed by atoms with E-state index >= 15 is 0 Å². The largest absolute Gasteiger partial charge is 0.497 e. The van der Waals surface area contributed by atoms with Gasteiger partial charge in [-0.2, -0.15) is 4.79 Å². The number of methoxy groups -OCH3 is 1. The van der Waals surface area contributed by atoms with Gasteiger partial charge in [-0.3, -0.25) is 0 Å². The molecule has 0 unspecified atom stereocenters. The van der Waals surface area contributed by atoms with Gasteiger partial charge in [0.25, 0.3) is 9.84 Å². The maximum atomic E-state index is 13.1. The minimum Gasteiger partial charge on any atom is -0.497 e. The molecule has 0 fully saturated rings. The molecule has 0 aliphatic heterocycles. The van der Waals surface area contributed by atoms with E-state index in [0.29, 0.717) is 12.4 Å². The van der Waals surface area contributed by atoms with Gasteiger partial charge in [0.1, 0.15) is 11.5 Å². The van der Waals surface area contributed by atoms with Crippen LogP contribution < -0.4 is 9.47 Å². The first kappa shape index (κ1) is 22.5. The molecule has 0 amide bonds. The van der Waals surface area contributed by atoms with Crippen LogP contribution in [0.2, 0.25) is 0 Å². The number of nitrogens with zero attached hydrogens (tertiary/aromatic N) is 2. The molecule has 3 aromatic rings. The first-order chi connectivity index (χ1) is 15.0. The number of unbranched alkanes of at least 4 members (excludes halogenated alkanes) is 3. The highest BCUT2D eigenvalue weighted by Gasteiger charge is 2.32. The zero-order valence-corrected chi connectivity index (χ0v) is 18.6. The van der Waals surface area contributed by atoms with Crippen molar-refractivity contribution in [2.75, 3.05) is 13.7 Å². The first-order valence-electron chi connectivity index (χ1n) is 10.3. The molecule has 0 aliphatic carbocycles. The summed E-state index contributed by atoms with van der Waals surface area (Å²) in [5, 5.41) is 1.21. The van der Waals surface area contributed by atoms with E-state index in [9.17, 15) is 13.9 Å². The molecule has 3 rings (SSSR count). The molecule has 0 atom stereocenters. The summed E-state index contributed by atoms with van der Waals surface area (Å²) in [5.41, 5.74) is 9.72. The molecular weight excluding hydrogens is 412 g/mol. The Morgan fingerprint density at radius 1 is 0.903 bits per heavy atom. The molecule has 0 heterocycles. The van der Waals surface area contributed by atoms with Gasteiger partial charge in [0, 0.05) is 0 Å². The van der Waals surface area contributed by atoms with Gasteiger partial charge in [-0.15, -0.1) is 0 Å². The third kappa shape index (κ3) is 5.32. The molecule has 0 saturated heterocycles. The fraction of sp³-hybridized carbons (Fsp3) is 0.292. The summed E-state index contributed by atoms with van der Waals surface area (Å²) < 4.78 is 37.1. The van der Waals surface area contributed by atoms with E-state index in [1.807, 2.05) is 18.2 Å². The van der Waals surface area contributed by atoms with Crippen LogP contribution in [-0.4, -0.2) is 32.0 Å². The molecule has 7 heteroatoms. The number of hydrogen-bond donors (Lipinski definition) is 0. The molecular formula is C24H26N2O4S. The summed E-state index contributed by atoms with van der Waals surface area (Å²) in [5.74, 6) is 1.34. The van der Waals surface area contributed by atoms with Crippen LogP contribution in [0.3, 0.4) is 0 Å². The minimum atomic E-state index is -4.02. The molecule has 162 valence electrons. The lowest BCUT2D eigenvalue weighted by Crippen LogP contribution is -2.17. The average Bonchev–Trinajstić information content (AvgIpc) is 2.79. The summed E-state index contributed by atoms with van der Waals surface area (Å²) >= 11 is 0. The van der Waals surface area contributed by atoms with Gasteiger partial charge in [-0.25, -0.2) is 8.42 Å². The Morgan fingerprint density at radius 2 is 1.58 bits per heavy atom. The zero-order valence-electron chi connectivity index (χ0n) is 17.7. The number of sulfone groups is 1. The Hall–Kier alpha value is -3.15. The lowest BCUT2D eigenvalue weighted by Gasteiger charge is -2.08. The van der Waals surface area contributed by atoms with Gasteiger partial charge in [0.15, 0.2) is 0 Å². The van der Waals surface area contributed by atoms with Crippen molar-refractivity contribution >= 4 is 25.7 Å². The topological polar surface area (TPSA) is 89.0 Å². The van der Waals surface area contributed by atoms with Gasteiger partial charge >= 0.3 is 5.04 Å². The molecule has 0 bridgehead atoms. The van der Waals surface area contributed by atoms with Crippen LogP contribution in [0.5, 0.6) is 11.5 Å². The van der Waals surface area contributed by atoms with Crippen LogP contribution in [0.25, 0.3) is 16.3 Å². The summed E-state index contributed by atoms with van der Waals surface area (Å²) in [4.78, 5) is 3.13. The van der Waals surface area contributed by atoms with Crippen LogP contribution in [0.15, 0.2) is 65.6 Å². The van der Waals surface area contributed by atoms with Crippen LogP contribution in [0.1, 0.15) is 38.2 Å². The summed E-state index contributed by atoms with van der Waals surface area (Å²) in [7, 11) is -2.50. The van der Waals surface area contributed by atoms with Crippen LogP contribution >= 0.6 is 0 Å². The molecule has 0 aromatic heterocycles. The molecule has 3 aromatic carbocycles. The highest BCUT2D eigenvalue weighted by Crippen LogP contribution is 2.26. The van der Waals surface area contributed by atoms with Crippen molar-refractivity contribution in [2.45, 2.75) is 37.5 Å². The minimum absolute atomic E-state index is 0.0526. The standard InChI is InChI=1S/C24H26N2O4S/c1-3-4-5-6-15-30-22-13-9-20-17-23(14-10-19(20)16-22)31(27,28)24(26-25)18-7-11-21(29-2)12-8-18/h7-14,16-17H,3-6,15H2,1-2H3. The quantitative estimate of drug-likeness (QED) is 0.150. The van der Waals surface area contributed by atoms with Crippen molar-refractivity contribution in [1.29, 1.82) is 0 Å². The maximum absolute atomic E-state index is 13.1. The van der Waals surface area contributed by atoms with Crippen LogP contribution in [0.4, 0.5) is 0 Å². The van der Waals surface area contributed by atoms with E-state index in [-0.39, 0.29) is 10.5 Å². The Labute approximate surface area is 183 Å². The van der Waals surface area contributed by atoms with Crippen LogP contribution in [0, 0.1) is 0 Å². The van der Waals surface area contributed by atoms with E-state index in [1.165, 1.54) is 38.2 Å². The molecule has 0 spiro atoms. The SMILES string of the molecule is CCCCCCOc1ccc2cc(S(=O)(=O)C(=[N+]=[N-])c3ccc(OC)cc3)ccc2c1. The van der Waals surface area contributed by atoms with E-state index in [2.05, 4.69) is 11.7 Å². The predicted octanol–water partition coefficient (Wildman–Crippen LogP) is 5.26. The van der Waals surface area contributed by atoms with Crippen molar-refractivity contribution in [3.63, 3.8) is 0 Å². The van der Waals surface area contributed by atoms with E-state index in [1.54, 1.807) is 24.3 Å². The number of benzene rings is 3. The van der Waals surface area contributed by atoms with Crippen molar-refractivity contribution in [3.8, 4) is 11.5 Å². The third-order valence-electron chi connectivity index (χ3n) is 5.04. The molecule has 6 nitrogen and oxygen atoms in total. The predicted molar refractivity (Wildman–Crippen MR) is 121 cm³/mol. The fourth-order valence-electron chi connectivity index (χ4n) is 3.29. The first-order valence-corrected chi connectivity index (χ1v) is 11.8. The van der Waals surface area contributed by atoms with Gasteiger partial charge in [-0.05, 0) is 65.7 Å². The van der Waals surface area contributed by atoms with E-state index in [4.69, 9.17) is 9.47 Å². The summed E-state index contributed by atoms with van der Waals surface area (Å²) in [6.45, 7) is 2.83. The molecule has 0 aliphatic rings. The number of rotatable bonds is 9. The second kappa shape index (κ2) is 10.2. The zero-order chi connectivity index (χ0) is 22.3. The lowest BCUT2D eigenvalue weighted by molar-refractivity contribution is 0.000603. The normalized spacial score (nSPS) is 11.2. The number of fused-ring (bicyclic) bond motifs is 1. The van der Waals surface area contributed by atoms with Gasteiger partial charge in [-0.1, -0.05) is 38.3 Å². The molecule has 0 N–H and O–H groups in total. The van der Waals surface area contributed by atoms with Gasteiger partial charge < -0.3 is 15.0 Å². The van der Waals surface area contributed by atoms with Crippen molar-refractivity contribution < 1.29 is 22.7 Å². The summed E-state index contributed by atoms with van der Waals surface area (Å²) in [6.07, 6.45) is 4.54. The Balaban J connectivity index is 1.83. The van der Waals surface area contributed by atoms with Crippen molar-refractivity contribution in [1.82, 2.24) is 0 Å². The smallest absolute Gasteiger partial charge is 0.416 e. The van der Waals surface area contributed by atoms with Crippen molar-refractivity contribution in [2.24, 2.45) is 0 Å². The molecule has 0 saturated carbocycles. The van der Waals surface area contributed by atoms with E-state index in [0.717, 1.165) is 29.4 Å². The number of ether oxygens (including phenoxy) is 2. The monoisotopic (exact) mass is 438 g/mol. The average molecular weight is 439 g/mol. The lowest BCUT2D eigenvalue weighted by atomic mass is 10.1. The van der Waals surface area contributed by atoms with E-state index < -0.39 is 14.9 Å².